The molecule has 1 N–H and O–H groups in total. The molecule has 19 heavy (non-hydrogen) atoms. The van der Waals surface area contributed by atoms with Gasteiger partial charge in [0, 0.05) is 17.0 Å². The molecule has 0 bridgehead atoms. The number of H-pyrrole nitrogens is 1. The quantitative estimate of drug-likeness (QED) is 0.714. The van der Waals surface area contributed by atoms with E-state index in [2.05, 4.69) is 4.98 Å². The standard InChI is InChI=1S/C15H9ClFNO/c16-13-8-15(19)18-14-6-3-10(7-12(13)14)9-1-4-11(17)5-2-9/h1-8H,(H,18,19). The minimum Gasteiger partial charge on any atom is -0.322 e. The zero-order valence-electron chi connectivity index (χ0n) is 9.78. The lowest BCUT2D eigenvalue weighted by Gasteiger charge is -2.05. The smallest absolute Gasteiger partial charge is 0.249 e. The fourth-order valence-corrected chi connectivity index (χ4v) is 2.29. The number of nitrogens with one attached hydrogen (secondary N) is 1. The average molecular weight is 274 g/mol. The summed E-state index contributed by atoms with van der Waals surface area (Å²) in [7, 11) is 0. The number of aromatic nitrogens is 1. The third-order valence-corrected chi connectivity index (χ3v) is 3.28. The average Bonchev–Trinajstić information content (AvgIpc) is 2.39. The maximum absolute atomic E-state index is 12.9. The van der Waals surface area contributed by atoms with Crippen LogP contribution in [-0.2, 0) is 0 Å². The second kappa shape index (κ2) is 4.52. The molecule has 0 radical (unpaired) electrons. The first-order valence-corrected chi connectivity index (χ1v) is 6.10. The molecule has 0 saturated carbocycles. The molecule has 4 heteroatoms. The van der Waals surface area contributed by atoms with Crippen LogP contribution < -0.4 is 5.56 Å². The van der Waals surface area contributed by atoms with Crippen LogP contribution in [-0.4, -0.2) is 4.98 Å². The number of halogens is 2. The molecule has 0 aliphatic heterocycles. The maximum Gasteiger partial charge on any atom is 0.249 e. The van der Waals surface area contributed by atoms with Crippen LogP contribution in [0.15, 0.2) is 53.3 Å². The van der Waals surface area contributed by atoms with Gasteiger partial charge < -0.3 is 4.98 Å². The van der Waals surface area contributed by atoms with Gasteiger partial charge in [-0.05, 0) is 35.4 Å². The minimum absolute atomic E-state index is 0.230. The Balaban J connectivity index is 2.21. The molecule has 0 saturated heterocycles. The van der Waals surface area contributed by atoms with Gasteiger partial charge in [-0.2, -0.15) is 0 Å². The number of benzene rings is 2. The number of hydrogen-bond donors (Lipinski definition) is 1. The fraction of sp³-hybridized carbons (Fsp3) is 0. The minimum atomic E-state index is -0.271. The molecule has 1 aromatic heterocycles. The van der Waals surface area contributed by atoms with E-state index in [1.807, 2.05) is 12.1 Å². The second-order valence-electron chi connectivity index (χ2n) is 4.25. The molecular weight excluding hydrogens is 265 g/mol. The monoisotopic (exact) mass is 273 g/mol. The summed E-state index contributed by atoms with van der Waals surface area (Å²) < 4.78 is 12.9. The van der Waals surface area contributed by atoms with Gasteiger partial charge in [0.1, 0.15) is 5.82 Å². The highest BCUT2D eigenvalue weighted by Gasteiger charge is 2.04. The van der Waals surface area contributed by atoms with Crippen molar-refractivity contribution in [1.29, 1.82) is 0 Å². The Labute approximate surface area is 113 Å². The normalized spacial score (nSPS) is 10.8. The zero-order valence-corrected chi connectivity index (χ0v) is 10.5. The van der Waals surface area contributed by atoms with Crippen LogP contribution in [0.1, 0.15) is 0 Å². The maximum atomic E-state index is 12.9. The van der Waals surface area contributed by atoms with Gasteiger partial charge in [0.2, 0.25) is 5.56 Å². The molecule has 2 nitrogen and oxygen atoms in total. The molecule has 3 aromatic rings. The van der Waals surface area contributed by atoms with Crippen molar-refractivity contribution in [3.05, 3.63) is 69.7 Å². The van der Waals surface area contributed by atoms with E-state index in [0.29, 0.717) is 10.5 Å². The van der Waals surface area contributed by atoms with Gasteiger partial charge >= 0.3 is 0 Å². The largest absolute Gasteiger partial charge is 0.322 e. The van der Waals surface area contributed by atoms with Crippen molar-refractivity contribution >= 4 is 22.5 Å². The molecule has 0 unspecified atom stereocenters. The lowest BCUT2D eigenvalue weighted by Crippen LogP contribution is -2.03. The van der Waals surface area contributed by atoms with E-state index in [-0.39, 0.29) is 11.4 Å². The van der Waals surface area contributed by atoms with Crippen molar-refractivity contribution in [2.45, 2.75) is 0 Å². The van der Waals surface area contributed by atoms with E-state index < -0.39 is 0 Å². The Kier molecular flexibility index (Phi) is 2.84. The van der Waals surface area contributed by atoms with E-state index >= 15 is 0 Å². The van der Waals surface area contributed by atoms with Gasteiger partial charge in [-0.1, -0.05) is 29.8 Å². The Morgan fingerprint density at radius 2 is 1.63 bits per heavy atom. The molecule has 0 amide bonds. The number of fused-ring (bicyclic) bond motifs is 1. The summed E-state index contributed by atoms with van der Waals surface area (Å²) >= 11 is 6.07. The van der Waals surface area contributed by atoms with Crippen LogP contribution >= 0.6 is 11.6 Å². The Morgan fingerprint density at radius 3 is 2.37 bits per heavy atom. The van der Waals surface area contributed by atoms with Crippen LogP contribution in [0.2, 0.25) is 5.02 Å². The molecule has 3 rings (SSSR count). The molecule has 0 spiro atoms. The molecule has 0 aliphatic carbocycles. The van der Waals surface area contributed by atoms with E-state index in [4.69, 9.17) is 11.6 Å². The molecular formula is C15H9ClFNO. The summed E-state index contributed by atoms with van der Waals surface area (Å²) in [4.78, 5) is 14.0. The van der Waals surface area contributed by atoms with E-state index in [1.165, 1.54) is 18.2 Å². The number of pyridine rings is 1. The predicted molar refractivity (Wildman–Crippen MR) is 75.0 cm³/mol. The summed E-state index contributed by atoms with van der Waals surface area (Å²) in [5.41, 5.74) is 2.27. The first kappa shape index (κ1) is 11.9. The number of aromatic amines is 1. The first-order valence-electron chi connectivity index (χ1n) is 5.72. The molecule has 1 heterocycles. The predicted octanol–water partition coefficient (Wildman–Crippen LogP) is 3.99. The van der Waals surface area contributed by atoms with E-state index in [9.17, 15) is 9.18 Å². The van der Waals surface area contributed by atoms with Gasteiger partial charge in [-0.15, -0.1) is 0 Å². The topological polar surface area (TPSA) is 32.9 Å². The third kappa shape index (κ3) is 2.25. The van der Waals surface area contributed by atoms with Gasteiger partial charge in [-0.3, -0.25) is 4.79 Å². The third-order valence-electron chi connectivity index (χ3n) is 2.97. The van der Waals surface area contributed by atoms with Crippen LogP contribution in [0.4, 0.5) is 4.39 Å². The van der Waals surface area contributed by atoms with Crippen molar-refractivity contribution in [2.24, 2.45) is 0 Å². The van der Waals surface area contributed by atoms with Crippen molar-refractivity contribution in [3.63, 3.8) is 0 Å². The van der Waals surface area contributed by atoms with Crippen molar-refractivity contribution < 1.29 is 4.39 Å². The van der Waals surface area contributed by atoms with Crippen LogP contribution in [0.25, 0.3) is 22.0 Å². The van der Waals surface area contributed by atoms with E-state index in [0.717, 1.165) is 16.5 Å². The number of rotatable bonds is 1. The highest BCUT2D eigenvalue weighted by Crippen LogP contribution is 2.27. The molecule has 94 valence electrons. The first-order chi connectivity index (χ1) is 9.13. The van der Waals surface area contributed by atoms with Crippen molar-refractivity contribution in [3.8, 4) is 11.1 Å². The summed E-state index contributed by atoms with van der Waals surface area (Å²) in [6, 6.07) is 13.1. The zero-order chi connectivity index (χ0) is 13.4. The van der Waals surface area contributed by atoms with Crippen LogP contribution in [0.5, 0.6) is 0 Å². The highest BCUT2D eigenvalue weighted by molar-refractivity contribution is 6.35. The van der Waals surface area contributed by atoms with Crippen molar-refractivity contribution in [2.75, 3.05) is 0 Å². The Bertz CT molecular complexity index is 808. The van der Waals surface area contributed by atoms with Crippen LogP contribution in [0.3, 0.4) is 0 Å². The fourth-order valence-electron chi connectivity index (χ4n) is 2.03. The molecule has 0 aliphatic rings. The Morgan fingerprint density at radius 1 is 0.947 bits per heavy atom. The van der Waals surface area contributed by atoms with Gasteiger partial charge in [0.05, 0.1) is 5.02 Å². The lowest BCUT2D eigenvalue weighted by molar-refractivity contribution is 0.628. The van der Waals surface area contributed by atoms with Crippen LogP contribution in [0, 0.1) is 5.82 Å². The van der Waals surface area contributed by atoms with Crippen molar-refractivity contribution in [1.82, 2.24) is 4.98 Å². The van der Waals surface area contributed by atoms with Gasteiger partial charge in [0.15, 0.2) is 0 Å². The summed E-state index contributed by atoms with van der Waals surface area (Å²) in [6.45, 7) is 0. The van der Waals surface area contributed by atoms with Gasteiger partial charge in [-0.25, -0.2) is 4.39 Å². The molecule has 2 aromatic carbocycles. The number of hydrogen-bond acceptors (Lipinski definition) is 1. The van der Waals surface area contributed by atoms with Gasteiger partial charge in [0.25, 0.3) is 0 Å². The molecule has 0 fully saturated rings. The summed E-state index contributed by atoms with van der Waals surface area (Å²) in [6.07, 6.45) is 0. The lowest BCUT2D eigenvalue weighted by atomic mass is 10.0. The summed E-state index contributed by atoms with van der Waals surface area (Å²) in [5.74, 6) is -0.271. The second-order valence-corrected chi connectivity index (χ2v) is 4.66. The SMILES string of the molecule is O=c1cc(Cl)c2cc(-c3ccc(F)cc3)ccc2[nH]1. The molecule has 0 atom stereocenters. The van der Waals surface area contributed by atoms with E-state index in [1.54, 1.807) is 18.2 Å². The Hall–Kier alpha value is -2.13. The highest BCUT2D eigenvalue weighted by atomic mass is 35.5. The summed E-state index contributed by atoms with van der Waals surface area (Å²) in [5, 5.41) is 1.17.